The molecule has 0 saturated carbocycles. The summed E-state index contributed by atoms with van der Waals surface area (Å²) in [7, 11) is 0. The second kappa shape index (κ2) is 8.23. The fourth-order valence-corrected chi connectivity index (χ4v) is 12.5. The molecule has 1 aromatic heterocycles. The largest absolute Gasteiger partial charge is 1.00 e. The van der Waals surface area contributed by atoms with Gasteiger partial charge in [-0.3, -0.25) is 0 Å². The Morgan fingerprint density at radius 1 is 0.929 bits per heavy atom. The molecule has 28 heavy (non-hydrogen) atoms. The van der Waals surface area contributed by atoms with Gasteiger partial charge in [0.25, 0.3) is 0 Å². The average molecular weight is 525 g/mol. The zero-order valence-corrected chi connectivity index (χ0v) is 22.2. The van der Waals surface area contributed by atoms with E-state index in [-0.39, 0.29) is 24.8 Å². The summed E-state index contributed by atoms with van der Waals surface area (Å²) in [4.78, 5) is 2.95. The van der Waals surface area contributed by atoms with Crippen LogP contribution in [0.15, 0.2) is 34.8 Å². The molecule has 0 spiro atoms. The molecular weight excluding hydrogens is 503 g/mol. The number of thioether (sulfide) groups is 1. The van der Waals surface area contributed by atoms with Crippen molar-refractivity contribution in [2.24, 2.45) is 0 Å². The van der Waals surface area contributed by atoms with Gasteiger partial charge in [-0.1, -0.05) is 0 Å². The number of allylic oxidation sites excluding steroid dienone is 3. The summed E-state index contributed by atoms with van der Waals surface area (Å²) in [5.41, 5.74) is 9.31. The Balaban J connectivity index is 0.00000112. The molecule has 5 heteroatoms. The zero-order chi connectivity index (χ0) is 18.2. The van der Waals surface area contributed by atoms with E-state index >= 15 is 0 Å². The molecule has 1 aliphatic heterocycles. The number of halogens is 2. The molecule has 0 amide bonds. The fraction of sp³-hybridized carbons (Fsp3) is 0.304. The van der Waals surface area contributed by atoms with Crippen molar-refractivity contribution in [3.63, 3.8) is 0 Å². The van der Waals surface area contributed by atoms with Crippen LogP contribution in [0.5, 0.6) is 0 Å². The van der Waals surface area contributed by atoms with E-state index < -0.39 is 23.2 Å². The summed E-state index contributed by atoms with van der Waals surface area (Å²) in [6, 6.07) is 7.06. The molecule has 2 atom stereocenters. The summed E-state index contributed by atoms with van der Waals surface area (Å²) in [5.74, 6) is 0. The Labute approximate surface area is 199 Å². The summed E-state index contributed by atoms with van der Waals surface area (Å²) in [5, 5.41) is 2.18. The Morgan fingerprint density at radius 3 is 2.39 bits per heavy atom. The van der Waals surface area contributed by atoms with Crippen LogP contribution in [-0.2, 0) is 23.2 Å². The minimum absolute atomic E-state index is 0. The molecule has 0 saturated heterocycles. The number of aryl methyl sites for hydroxylation is 3. The third-order valence-corrected chi connectivity index (χ3v) is 13.6. The summed E-state index contributed by atoms with van der Waals surface area (Å²) >= 11 is 3.37. The molecule has 2 heterocycles. The predicted octanol–water partition coefficient (Wildman–Crippen LogP) is -0.786. The van der Waals surface area contributed by atoms with Crippen molar-refractivity contribution in [2.45, 2.75) is 43.5 Å². The van der Waals surface area contributed by atoms with Crippen molar-refractivity contribution in [3.05, 3.63) is 71.6 Å². The van der Waals surface area contributed by atoms with Crippen LogP contribution in [0.2, 0.25) is 0 Å². The summed E-state index contributed by atoms with van der Waals surface area (Å²) < 4.78 is 4.18. The van der Waals surface area contributed by atoms with Crippen LogP contribution in [0.3, 0.4) is 0 Å². The maximum Gasteiger partial charge on any atom is -1.00 e. The minimum atomic E-state index is -0.767. The Bertz CT molecular complexity index is 1150. The van der Waals surface area contributed by atoms with E-state index in [1.54, 1.807) is 26.5 Å². The second-order valence-electron chi connectivity index (χ2n) is 7.71. The molecule has 3 aliphatic rings. The SMILES string of the molecule is CC1=CC2=c3cc(C)sc3=[C]([Zr+2][CH]3C(C)=Cc4c(C)ccc(C)c43)C2S1.[Cl-].[Cl-]. The normalized spacial score (nSPS) is 21.2. The molecule has 2 aliphatic carbocycles. The quantitative estimate of drug-likeness (QED) is 0.497. The monoisotopic (exact) mass is 522 g/mol. The van der Waals surface area contributed by atoms with Crippen LogP contribution in [0, 0.1) is 20.8 Å². The molecule has 1 aromatic carbocycles. The smallest absolute Gasteiger partial charge is 1.00 e. The molecule has 144 valence electrons. The fourth-order valence-electron chi connectivity index (χ4n) is 4.51. The molecular formula is C23H22Cl2S2Zr. The first-order chi connectivity index (χ1) is 12.4. The Kier molecular flexibility index (Phi) is 6.66. The topological polar surface area (TPSA) is 0 Å². The molecule has 0 radical (unpaired) electrons. The van der Waals surface area contributed by atoms with E-state index in [9.17, 15) is 0 Å². The Hall–Kier alpha value is -0.0469. The van der Waals surface area contributed by atoms with Crippen LogP contribution < -0.4 is 34.6 Å². The molecule has 2 aromatic rings. The first kappa shape index (κ1) is 22.6. The molecule has 0 nitrogen and oxygen atoms in total. The van der Waals surface area contributed by atoms with E-state index in [0.717, 1.165) is 0 Å². The molecule has 0 fully saturated rings. The van der Waals surface area contributed by atoms with Gasteiger partial charge in [-0.2, -0.15) is 0 Å². The first-order valence-corrected chi connectivity index (χ1v) is 13.5. The van der Waals surface area contributed by atoms with E-state index in [1.807, 2.05) is 14.6 Å². The van der Waals surface area contributed by atoms with Crippen LogP contribution in [0.4, 0.5) is 0 Å². The van der Waals surface area contributed by atoms with Crippen molar-refractivity contribution in [1.29, 1.82) is 0 Å². The number of fused-ring (bicyclic) bond motifs is 3. The average Bonchev–Trinajstić information content (AvgIpc) is 3.28. The zero-order valence-electron chi connectivity index (χ0n) is 16.6. The second-order valence-corrected chi connectivity index (χ2v) is 13.8. The van der Waals surface area contributed by atoms with Gasteiger partial charge in [0.05, 0.1) is 0 Å². The predicted molar refractivity (Wildman–Crippen MR) is 113 cm³/mol. The van der Waals surface area contributed by atoms with Crippen molar-refractivity contribution in [2.75, 3.05) is 0 Å². The maximum absolute atomic E-state index is 2.48. The number of thiophene rings is 1. The standard InChI is InChI=1S/C12H13.C11H9S2.2ClH.Zr/c1-8-6-11-9(2)4-5-10(3)12(11)7-8;1-6-3-8-9-4-7(2)13-11(9)5-10(8)12-6;;;/h4-7H,1-3H3;3-4,10H,1-2H3;2*1H;/q;;;;+2/p-2. The van der Waals surface area contributed by atoms with Crippen molar-refractivity contribution < 1.29 is 48.0 Å². The van der Waals surface area contributed by atoms with Gasteiger partial charge in [-0.25, -0.2) is 0 Å². The van der Waals surface area contributed by atoms with Crippen LogP contribution in [-0.4, -0.2) is 5.25 Å². The molecule has 5 rings (SSSR count). The van der Waals surface area contributed by atoms with Crippen LogP contribution >= 0.6 is 23.1 Å². The van der Waals surface area contributed by atoms with E-state index in [1.165, 1.54) is 26.5 Å². The molecule has 0 N–H and O–H groups in total. The van der Waals surface area contributed by atoms with Crippen molar-refractivity contribution in [3.8, 4) is 0 Å². The summed E-state index contributed by atoms with van der Waals surface area (Å²) in [6.07, 6.45) is 4.93. The van der Waals surface area contributed by atoms with Crippen LogP contribution in [0.25, 0.3) is 14.9 Å². The van der Waals surface area contributed by atoms with Crippen molar-refractivity contribution in [1.82, 2.24) is 0 Å². The molecule has 2 unspecified atom stereocenters. The van der Waals surface area contributed by atoms with E-state index in [4.69, 9.17) is 0 Å². The number of hydrogen-bond acceptors (Lipinski definition) is 2. The first-order valence-electron chi connectivity index (χ1n) is 9.18. The third-order valence-electron chi connectivity index (χ3n) is 5.76. The summed E-state index contributed by atoms with van der Waals surface area (Å²) in [6.45, 7) is 11.5. The third kappa shape index (κ3) is 3.40. The van der Waals surface area contributed by atoms with Gasteiger partial charge in [0.15, 0.2) is 0 Å². The Morgan fingerprint density at radius 2 is 1.64 bits per heavy atom. The van der Waals surface area contributed by atoms with E-state index in [0.29, 0.717) is 8.88 Å². The number of rotatable bonds is 2. The van der Waals surface area contributed by atoms with Crippen molar-refractivity contribution >= 4 is 38.0 Å². The number of benzene rings is 1. The minimum Gasteiger partial charge on any atom is -1.00 e. The van der Waals surface area contributed by atoms with Gasteiger partial charge < -0.3 is 24.8 Å². The van der Waals surface area contributed by atoms with Gasteiger partial charge in [0.1, 0.15) is 0 Å². The van der Waals surface area contributed by atoms with Gasteiger partial charge in [0.2, 0.25) is 0 Å². The molecule has 0 bridgehead atoms. The van der Waals surface area contributed by atoms with E-state index in [2.05, 4.69) is 76.7 Å². The maximum atomic E-state index is 2.48. The number of hydrogen-bond donors (Lipinski definition) is 0. The van der Waals surface area contributed by atoms with Gasteiger partial charge in [-0.05, 0) is 0 Å². The van der Waals surface area contributed by atoms with Gasteiger partial charge in [-0.15, -0.1) is 0 Å². The van der Waals surface area contributed by atoms with Gasteiger partial charge >= 0.3 is 176 Å². The van der Waals surface area contributed by atoms with Gasteiger partial charge in [0, 0.05) is 0 Å². The van der Waals surface area contributed by atoms with Crippen LogP contribution in [0.1, 0.15) is 44.6 Å².